The number of carbonyl (C=O) groups excluding carboxylic acids is 1. The molecule has 1 fully saturated rings. The van der Waals surface area contributed by atoms with Crippen molar-refractivity contribution in [1.29, 1.82) is 0 Å². The zero-order valence-corrected chi connectivity index (χ0v) is 16.7. The molecule has 2 N–H and O–H groups in total. The van der Waals surface area contributed by atoms with Crippen molar-refractivity contribution in [3.63, 3.8) is 0 Å². The number of aromatic nitrogens is 1. The molecule has 0 saturated carbocycles. The first kappa shape index (κ1) is 20.1. The van der Waals surface area contributed by atoms with Gasteiger partial charge >= 0.3 is 0 Å². The molecule has 0 aliphatic carbocycles. The summed E-state index contributed by atoms with van der Waals surface area (Å²) in [4.78, 5) is 12.7. The summed E-state index contributed by atoms with van der Waals surface area (Å²) in [7, 11) is 0.496. The van der Waals surface area contributed by atoms with Crippen LogP contribution in [-0.4, -0.2) is 51.1 Å². The zero-order chi connectivity index (χ0) is 20.5. The number of rotatable bonds is 5. The average Bonchev–Trinajstić information content (AvgIpc) is 3.07. The number of ether oxygens (including phenoxy) is 2. The molecule has 2 aromatic rings. The number of amides is 1. The molecule has 2 atom stereocenters. The van der Waals surface area contributed by atoms with E-state index in [1.54, 1.807) is 31.2 Å². The lowest BCUT2D eigenvalue weighted by molar-refractivity contribution is -0.120. The number of nitrogens with one attached hydrogen (secondary N) is 2. The summed E-state index contributed by atoms with van der Waals surface area (Å²) in [5, 5.41) is 6.30. The minimum Gasteiger partial charge on any atom is -0.493 e. The molecule has 1 amide bonds. The van der Waals surface area contributed by atoms with Gasteiger partial charge in [-0.2, -0.15) is 17.4 Å². The molecule has 0 spiro atoms. The largest absolute Gasteiger partial charge is 0.493 e. The second-order valence-corrected chi connectivity index (χ2v) is 8.13. The summed E-state index contributed by atoms with van der Waals surface area (Å²) in [6.45, 7) is 1.69. The van der Waals surface area contributed by atoms with Crippen LogP contribution in [-0.2, 0) is 15.0 Å². The highest BCUT2D eigenvalue weighted by Gasteiger charge is 2.41. The number of hydrogen-bond acceptors (Lipinski definition) is 7. The van der Waals surface area contributed by atoms with E-state index in [-0.39, 0.29) is 12.2 Å². The number of hydrogen-bond donors (Lipinski definition) is 2. The third-order valence-electron chi connectivity index (χ3n) is 4.56. The number of aryl methyl sites for hydroxylation is 1. The van der Waals surface area contributed by atoms with Gasteiger partial charge in [-0.15, -0.1) is 0 Å². The van der Waals surface area contributed by atoms with E-state index in [9.17, 15) is 13.2 Å². The lowest BCUT2D eigenvalue weighted by Crippen LogP contribution is -2.55. The Morgan fingerprint density at radius 1 is 1.29 bits per heavy atom. The van der Waals surface area contributed by atoms with E-state index in [0.29, 0.717) is 22.8 Å². The molecular weight excluding hydrogens is 388 g/mol. The van der Waals surface area contributed by atoms with Crippen molar-refractivity contribution < 1.29 is 27.2 Å². The monoisotopic (exact) mass is 410 g/mol. The van der Waals surface area contributed by atoms with Crippen molar-refractivity contribution in [2.24, 2.45) is 0 Å². The van der Waals surface area contributed by atoms with Gasteiger partial charge in [0.15, 0.2) is 17.3 Å². The number of nitrogens with zero attached hydrogens (tertiary/aromatic N) is 2. The lowest BCUT2D eigenvalue weighted by atomic mass is 9.99. The first-order valence-electron chi connectivity index (χ1n) is 8.46. The minimum absolute atomic E-state index is 0.216. The lowest BCUT2D eigenvalue weighted by Gasteiger charge is -2.36. The van der Waals surface area contributed by atoms with E-state index < -0.39 is 28.2 Å². The van der Waals surface area contributed by atoms with Crippen LogP contribution >= 0.6 is 0 Å². The molecule has 1 aliphatic rings. The van der Waals surface area contributed by atoms with Crippen LogP contribution in [0.1, 0.15) is 23.8 Å². The van der Waals surface area contributed by atoms with Crippen molar-refractivity contribution in [1.82, 2.24) is 14.2 Å². The third kappa shape index (κ3) is 3.96. The fraction of sp³-hybridized carbons (Fsp3) is 0.412. The van der Waals surface area contributed by atoms with E-state index in [0.717, 1.165) is 4.31 Å². The average molecular weight is 410 g/mol. The van der Waals surface area contributed by atoms with Crippen LogP contribution in [0, 0.1) is 6.92 Å². The molecule has 0 unspecified atom stereocenters. The molecule has 0 bridgehead atoms. The van der Waals surface area contributed by atoms with Crippen LogP contribution in [0.5, 0.6) is 11.5 Å². The second kappa shape index (κ2) is 7.78. The molecule has 1 aromatic heterocycles. The first-order valence-corrected chi connectivity index (χ1v) is 9.90. The van der Waals surface area contributed by atoms with Gasteiger partial charge in [-0.1, -0.05) is 11.2 Å². The summed E-state index contributed by atoms with van der Waals surface area (Å²) in [6, 6.07) is 5.12. The van der Waals surface area contributed by atoms with E-state index in [1.165, 1.54) is 21.3 Å². The maximum absolute atomic E-state index is 12.7. The highest BCUT2D eigenvalue weighted by Crippen LogP contribution is 2.34. The van der Waals surface area contributed by atoms with Gasteiger partial charge in [0.05, 0.1) is 20.3 Å². The molecule has 3 rings (SSSR count). The predicted molar refractivity (Wildman–Crippen MR) is 100 cm³/mol. The Bertz CT molecular complexity index is 974. The Morgan fingerprint density at radius 3 is 2.61 bits per heavy atom. The summed E-state index contributed by atoms with van der Waals surface area (Å²) in [5.41, 5.74) is 0.657. The van der Waals surface area contributed by atoms with Crippen LogP contribution in [0.4, 0.5) is 5.82 Å². The molecule has 2 heterocycles. The summed E-state index contributed by atoms with van der Waals surface area (Å²) >= 11 is 0. The molecule has 1 aromatic carbocycles. The van der Waals surface area contributed by atoms with Gasteiger partial charge in [0.2, 0.25) is 5.91 Å². The quantitative estimate of drug-likeness (QED) is 0.760. The zero-order valence-electron chi connectivity index (χ0n) is 15.9. The van der Waals surface area contributed by atoms with Crippen LogP contribution in [0.15, 0.2) is 28.8 Å². The summed E-state index contributed by atoms with van der Waals surface area (Å²) < 4.78 is 44.1. The van der Waals surface area contributed by atoms with Crippen LogP contribution < -0.4 is 19.5 Å². The Kier molecular flexibility index (Phi) is 5.59. The fourth-order valence-corrected chi connectivity index (χ4v) is 4.31. The summed E-state index contributed by atoms with van der Waals surface area (Å²) in [5.74, 6) is 1.26. The molecular formula is C17H22N4O6S. The molecule has 11 heteroatoms. The smallest absolute Gasteiger partial charge is 0.280 e. The van der Waals surface area contributed by atoms with Crippen molar-refractivity contribution in [2.75, 3.05) is 26.6 Å². The van der Waals surface area contributed by atoms with Gasteiger partial charge in [0.1, 0.15) is 11.8 Å². The SMILES string of the molecule is COc1ccc([C@@H]2C[C@H](C(=O)Nc3cc(C)on3)N(C)S(=O)(=O)N2)cc1OC. The third-order valence-corrected chi connectivity index (χ3v) is 6.16. The highest BCUT2D eigenvalue weighted by atomic mass is 32.2. The predicted octanol–water partition coefficient (Wildman–Crippen LogP) is 1.22. The van der Waals surface area contributed by atoms with Crippen molar-refractivity contribution >= 4 is 21.9 Å². The Morgan fingerprint density at radius 2 is 2.00 bits per heavy atom. The maximum atomic E-state index is 12.7. The first-order chi connectivity index (χ1) is 13.2. The maximum Gasteiger partial charge on any atom is 0.280 e. The van der Waals surface area contributed by atoms with Crippen LogP contribution in [0.25, 0.3) is 0 Å². The number of methoxy groups -OCH3 is 2. The standard InChI is InChI=1S/C17H22N4O6S/c1-10-7-16(19-27-10)18-17(22)13-9-12(20-28(23,24)21(13)2)11-5-6-14(25-3)15(8-11)26-4/h5-8,12-13,20H,9H2,1-4H3,(H,18,19,22)/t12-,13+/m0/s1. The van der Waals surface area contributed by atoms with E-state index in [4.69, 9.17) is 14.0 Å². The molecule has 0 radical (unpaired) electrons. The molecule has 1 aliphatic heterocycles. The van der Waals surface area contributed by atoms with Gasteiger partial charge in [0.25, 0.3) is 10.2 Å². The Balaban J connectivity index is 1.87. The van der Waals surface area contributed by atoms with Crippen LogP contribution in [0.3, 0.4) is 0 Å². The van der Waals surface area contributed by atoms with Gasteiger partial charge in [-0.05, 0) is 31.0 Å². The molecule has 10 nitrogen and oxygen atoms in total. The number of likely N-dealkylation sites (N-methyl/N-ethyl adjacent to an activating group) is 1. The van der Waals surface area contributed by atoms with E-state index in [1.807, 2.05) is 0 Å². The van der Waals surface area contributed by atoms with Gasteiger partial charge in [0, 0.05) is 13.1 Å². The normalized spacial score (nSPS) is 21.9. The number of benzene rings is 1. The Hall–Kier alpha value is -2.63. The van der Waals surface area contributed by atoms with E-state index in [2.05, 4.69) is 15.2 Å². The number of carbonyl (C=O) groups is 1. The molecule has 152 valence electrons. The van der Waals surface area contributed by atoms with Gasteiger partial charge in [-0.25, -0.2) is 0 Å². The molecule has 1 saturated heterocycles. The molecule has 28 heavy (non-hydrogen) atoms. The van der Waals surface area contributed by atoms with E-state index >= 15 is 0 Å². The van der Waals surface area contributed by atoms with Gasteiger partial charge < -0.3 is 19.3 Å². The highest BCUT2D eigenvalue weighted by molar-refractivity contribution is 7.87. The minimum atomic E-state index is -3.87. The summed E-state index contributed by atoms with van der Waals surface area (Å²) in [6.07, 6.45) is 0.216. The van der Waals surface area contributed by atoms with Crippen molar-refractivity contribution in [2.45, 2.75) is 25.4 Å². The Labute approximate surface area is 163 Å². The van der Waals surface area contributed by atoms with Gasteiger partial charge in [-0.3, -0.25) is 4.79 Å². The second-order valence-electron chi connectivity index (χ2n) is 6.37. The topological polar surface area (TPSA) is 123 Å². The van der Waals surface area contributed by atoms with Crippen molar-refractivity contribution in [3.05, 3.63) is 35.6 Å². The van der Waals surface area contributed by atoms with Crippen molar-refractivity contribution in [3.8, 4) is 11.5 Å². The number of anilines is 1. The fourth-order valence-electron chi connectivity index (χ4n) is 3.03. The van der Waals surface area contributed by atoms with Crippen LogP contribution in [0.2, 0.25) is 0 Å².